The van der Waals surface area contributed by atoms with E-state index < -0.39 is 16.6 Å². The van der Waals surface area contributed by atoms with Crippen molar-refractivity contribution < 1.29 is 19.2 Å². The van der Waals surface area contributed by atoms with Crippen molar-refractivity contribution in [1.82, 2.24) is 14.9 Å². The third kappa shape index (κ3) is 7.28. The first-order valence-corrected chi connectivity index (χ1v) is 13.0. The van der Waals surface area contributed by atoms with Crippen LogP contribution < -0.4 is 15.4 Å². The Morgan fingerprint density at radius 2 is 1.89 bits per heavy atom. The van der Waals surface area contributed by atoms with Gasteiger partial charge in [0.25, 0.3) is 0 Å². The number of anilines is 2. The number of methoxy groups -OCH3 is 1. The Morgan fingerprint density at radius 3 is 2.59 bits per heavy atom. The van der Waals surface area contributed by atoms with Crippen molar-refractivity contribution in [3.63, 3.8) is 0 Å². The lowest BCUT2D eigenvalue weighted by Gasteiger charge is -2.24. The number of rotatable bonds is 11. The summed E-state index contributed by atoms with van der Waals surface area (Å²) in [5.41, 5.74) is 7.59. The molecule has 0 radical (unpaired) electrons. The smallest absolute Gasteiger partial charge is 0.353 e. The molecule has 2 aromatic rings. The minimum atomic E-state index is -0.621. The second kappa shape index (κ2) is 12.7. The predicted molar refractivity (Wildman–Crippen MR) is 139 cm³/mol. The normalized spacial score (nSPS) is 16.5. The molecule has 200 valence electrons. The third-order valence-corrected chi connectivity index (χ3v) is 7.04. The lowest BCUT2D eigenvalue weighted by atomic mass is 9.90. The van der Waals surface area contributed by atoms with Crippen molar-refractivity contribution in [2.24, 2.45) is 5.92 Å². The van der Waals surface area contributed by atoms with Gasteiger partial charge in [-0.1, -0.05) is 43.5 Å². The Hall–Kier alpha value is -3.47. The maximum atomic E-state index is 12.3. The number of aromatic nitrogens is 2. The third-order valence-electron chi connectivity index (χ3n) is 7.04. The van der Waals surface area contributed by atoms with E-state index in [1.807, 2.05) is 12.1 Å². The summed E-state index contributed by atoms with van der Waals surface area (Å²) in [4.78, 5) is 36.0. The molecule has 1 aliphatic carbocycles. The fraction of sp³-hybridized carbons (Fsp3) is 0.577. The highest BCUT2D eigenvalue weighted by Crippen LogP contribution is 2.34. The number of nitrogens with zero attached hydrogens (tertiary/aromatic N) is 5. The van der Waals surface area contributed by atoms with E-state index in [0.29, 0.717) is 12.5 Å². The van der Waals surface area contributed by atoms with Gasteiger partial charge in [-0.25, -0.2) is 0 Å². The van der Waals surface area contributed by atoms with Crippen molar-refractivity contribution >= 4 is 23.3 Å². The van der Waals surface area contributed by atoms with E-state index >= 15 is 0 Å². The van der Waals surface area contributed by atoms with E-state index in [0.717, 1.165) is 56.4 Å². The Kier molecular flexibility index (Phi) is 9.10. The number of likely N-dealkylation sites (tertiary alicyclic amines) is 1. The lowest BCUT2D eigenvalue weighted by molar-refractivity contribution is -0.383. The summed E-state index contributed by atoms with van der Waals surface area (Å²) in [6.45, 7) is 3.37. The second-order valence-electron chi connectivity index (χ2n) is 9.87. The summed E-state index contributed by atoms with van der Waals surface area (Å²) in [5.74, 6) is -0.524. The van der Waals surface area contributed by atoms with Gasteiger partial charge in [0.1, 0.15) is 6.54 Å². The van der Waals surface area contributed by atoms with E-state index in [1.165, 1.54) is 31.3 Å². The maximum absolute atomic E-state index is 12.3. The molecule has 2 N–H and O–H groups in total. The highest BCUT2D eigenvalue weighted by molar-refractivity contribution is 5.78. The minimum Gasteiger partial charge on any atom is -0.468 e. The number of nitrogen functional groups attached to an aromatic ring is 1. The van der Waals surface area contributed by atoms with Crippen LogP contribution >= 0.6 is 0 Å². The Balaban J connectivity index is 1.61. The second-order valence-corrected chi connectivity index (χ2v) is 9.87. The van der Waals surface area contributed by atoms with Crippen LogP contribution in [-0.4, -0.2) is 59.1 Å². The number of benzene rings is 1. The van der Waals surface area contributed by atoms with Crippen LogP contribution in [0.2, 0.25) is 0 Å². The molecule has 0 amide bonds. The summed E-state index contributed by atoms with van der Waals surface area (Å²) in [7, 11) is 1.28. The van der Waals surface area contributed by atoms with Crippen LogP contribution in [0.1, 0.15) is 56.1 Å². The molecule has 0 unspecified atom stereocenters. The predicted octanol–water partition coefficient (Wildman–Crippen LogP) is 3.70. The van der Waals surface area contributed by atoms with Gasteiger partial charge in [0, 0.05) is 13.1 Å². The molecule has 2 fully saturated rings. The Morgan fingerprint density at radius 1 is 1.16 bits per heavy atom. The average Bonchev–Trinajstić information content (AvgIpc) is 3.40. The van der Waals surface area contributed by atoms with Crippen molar-refractivity contribution in [3.8, 4) is 6.01 Å². The van der Waals surface area contributed by atoms with Crippen LogP contribution in [0.15, 0.2) is 24.3 Å². The standard InChI is InChI=1S/C26H36N6O5/c1-36-22(33)17-31(16-21-11-7-10-20(14-21)15-30-12-5-6-13-30)25-23(32(34)35)24(27)28-26(29-25)37-18-19-8-3-2-4-9-19/h7,10-11,14,19H,2-6,8-9,12-13,15-18H2,1H3,(H2,27,28,29). The van der Waals surface area contributed by atoms with Gasteiger partial charge in [-0.05, 0) is 55.8 Å². The molecule has 11 heteroatoms. The Labute approximate surface area is 217 Å². The van der Waals surface area contributed by atoms with Gasteiger partial charge in [0.15, 0.2) is 0 Å². The average molecular weight is 513 g/mol. The summed E-state index contributed by atoms with van der Waals surface area (Å²) < 4.78 is 10.7. The SMILES string of the molecule is COC(=O)CN(Cc1cccc(CN2CCCC2)c1)c1nc(OCC2CCCCC2)nc(N)c1[N+](=O)[O-]. The summed E-state index contributed by atoms with van der Waals surface area (Å²) in [6.07, 6.45) is 8.09. The number of ether oxygens (including phenoxy) is 2. The number of carbonyl (C=O) groups is 1. The molecular weight excluding hydrogens is 476 g/mol. The molecule has 1 aromatic carbocycles. The summed E-state index contributed by atoms with van der Waals surface area (Å²) in [6, 6.07) is 7.97. The van der Waals surface area contributed by atoms with Gasteiger partial charge >= 0.3 is 17.7 Å². The summed E-state index contributed by atoms with van der Waals surface area (Å²) in [5, 5.41) is 12.0. The number of hydrogen-bond acceptors (Lipinski definition) is 10. The van der Waals surface area contributed by atoms with Crippen LogP contribution in [0.25, 0.3) is 0 Å². The fourth-order valence-electron chi connectivity index (χ4n) is 5.12. The van der Waals surface area contributed by atoms with Crippen LogP contribution in [-0.2, 0) is 22.6 Å². The highest BCUT2D eigenvalue weighted by Gasteiger charge is 2.30. The van der Waals surface area contributed by atoms with Gasteiger partial charge in [-0.2, -0.15) is 9.97 Å². The molecule has 2 aliphatic rings. The van der Waals surface area contributed by atoms with Crippen molar-refractivity contribution in [2.75, 3.05) is 44.0 Å². The van der Waals surface area contributed by atoms with Crippen LogP contribution in [0.4, 0.5) is 17.3 Å². The number of hydrogen-bond donors (Lipinski definition) is 1. The lowest BCUT2D eigenvalue weighted by Crippen LogP contribution is -2.32. The summed E-state index contributed by atoms with van der Waals surface area (Å²) >= 11 is 0. The molecule has 1 aliphatic heterocycles. The number of carbonyl (C=O) groups excluding carboxylic acids is 1. The van der Waals surface area contributed by atoms with Gasteiger partial charge in [0.05, 0.1) is 18.6 Å². The van der Waals surface area contributed by atoms with E-state index in [9.17, 15) is 14.9 Å². The van der Waals surface area contributed by atoms with Crippen LogP contribution in [0.3, 0.4) is 0 Å². The van der Waals surface area contributed by atoms with Gasteiger partial charge in [-0.15, -0.1) is 0 Å². The Bertz CT molecular complexity index is 1090. The van der Waals surface area contributed by atoms with Crippen molar-refractivity contribution in [1.29, 1.82) is 0 Å². The van der Waals surface area contributed by atoms with Crippen molar-refractivity contribution in [2.45, 2.75) is 58.0 Å². The largest absolute Gasteiger partial charge is 0.468 e. The molecule has 1 saturated heterocycles. The highest BCUT2D eigenvalue weighted by atomic mass is 16.6. The molecule has 11 nitrogen and oxygen atoms in total. The minimum absolute atomic E-state index is 0.0266. The molecule has 4 rings (SSSR count). The maximum Gasteiger partial charge on any atom is 0.353 e. The van der Waals surface area contributed by atoms with E-state index in [4.69, 9.17) is 15.2 Å². The zero-order chi connectivity index (χ0) is 26.2. The molecule has 0 atom stereocenters. The van der Waals surface area contributed by atoms with Gasteiger partial charge < -0.3 is 20.1 Å². The number of nitro groups is 1. The fourth-order valence-corrected chi connectivity index (χ4v) is 5.12. The topological polar surface area (TPSA) is 137 Å². The van der Waals surface area contributed by atoms with Crippen molar-refractivity contribution in [3.05, 3.63) is 45.5 Å². The molecule has 2 heterocycles. The first-order valence-electron chi connectivity index (χ1n) is 13.0. The van der Waals surface area contributed by atoms with E-state index in [2.05, 4.69) is 27.0 Å². The quantitative estimate of drug-likeness (QED) is 0.269. The van der Waals surface area contributed by atoms with E-state index in [-0.39, 0.29) is 30.7 Å². The monoisotopic (exact) mass is 512 g/mol. The zero-order valence-electron chi connectivity index (χ0n) is 21.4. The molecule has 1 aromatic heterocycles. The van der Waals surface area contributed by atoms with Crippen LogP contribution in [0.5, 0.6) is 6.01 Å². The van der Waals surface area contributed by atoms with Gasteiger partial charge in [-0.3, -0.25) is 19.8 Å². The molecule has 0 bridgehead atoms. The first-order chi connectivity index (χ1) is 17.9. The van der Waals surface area contributed by atoms with Crippen LogP contribution in [0, 0.1) is 16.0 Å². The molecule has 37 heavy (non-hydrogen) atoms. The first kappa shape index (κ1) is 26.6. The van der Waals surface area contributed by atoms with Gasteiger partial charge in [0.2, 0.25) is 11.6 Å². The zero-order valence-corrected chi connectivity index (χ0v) is 21.4. The van der Waals surface area contributed by atoms with E-state index in [1.54, 1.807) is 0 Å². The number of esters is 1. The molecule has 1 saturated carbocycles. The molecular formula is C26H36N6O5. The number of nitrogens with two attached hydrogens (primary N) is 1. The molecule has 0 spiro atoms.